The van der Waals surface area contributed by atoms with Gasteiger partial charge in [-0.25, -0.2) is 0 Å². The molecule has 116 valence electrons. The van der Waals surface area contributed by atoms with Crippen LogP contribution < -0.4 is 5.32 Å². The highest BCUT2D eigenvalue weighted by atomic mass is 16.2. The van der Waals surface area contributed by atoms with Crippen LogP contribution in [0.15, 0.2) is 0 Å². The van der Waals surface area contributed by atoms with Gasteiger partial charge < -0.3 is 10.2 Å². The average molecular weight is 282 g/mol. The molecule has 4 heteroatoms. The first-order valence-corrected chi connectivity index (χ1v) is 7.65. The molecular weight excluding hydrogens is 252 g/mol. The molecule has 1 fully saturated rings. The van der Waals surface area contributed by atoms with Gasteiger partial charge in [0.25, 0.3) is 0 Å². The van der Waals surface area contributed by atoms with Crippen molar-refractivity contribution in [2.24, 2.45) is 5.41 Å². The monoisotopic (exact) mass is 282 g/mol. The van der Waals surface area contributed by atoms with Gasteiger partial charge in [0.05, 0.1) is 0 Å². The Balaban J connectivity index is 2.63. The van der Waals surface area contributed by atoms with Crippen molar-refractivity contribution in [1.82, 2.24) is 10.2 Å². The number of rotatable bonds is 2. The molecule has 1 aliphatic heterocycles. The number of hydrogen-bond donors (Lipinski definition) is 1. The molecule has 0 saturated carbocycles. The van der Waals surface area contributed by atoms with Gasteiger partial charge in [-0.2, -0.15) is 0 Å². The second-order valence-corrected chi connectivity index (χ2v) is 7.92. The Morgan fingerprint density at radius 2 is 1.75 bits per heavy atom. The fraction of sp³-hybridized carbons (Fsp3) is 0.875. The van der Waals surface area contributed by atoms with Gasteiger partial charge in [0, 0.05) is 18.1 Å². The second-order valence-electron chi connectivity index (χ2n) is 7.92. The first-order valence-electron chi connectivity index (χ1n) is 7.65. The minimum Gasteiger partial charge on any atom is -0.343 e. The van der Waals surface area contributed by atoms with Gasteiger partial charge in [-0.15, -0.1) is 0 Å². The van der Waals surface area contributed by atoms with Crippen LogP contribution in [-0.2, 0) is 9.59 Å². The molecule has 1 atom stereocenters. The van der Waals surface area contributed by atoms with Crippen molar-refractivity contribution < 1.29 is 9.59 Å². The zero-order valence-electron chi connectivity index (χ0n) is 13.9. The fourth-order valence-electron chi connectivity index (χ4n) is 3.26. The van der Waals surface area contributed by atoms with Crippen molar-refractivity contribution in [3.63, 3.8) is 0 Å². The summed E-state index contributed by atoms with van der Waals surface area (Å²) in [6.45, 7) is 13.1. The molecule has 1 N–H and O–H groups in total. The molecule has 0 aromatic rings. The lowest BCUT2D eigenvalue weighted by molar-refractivity contribution is -0.149. The number of carbonyl (C=O) groups is 2. The number of carbonyl (C=O) groups excluding carboxylic acids is 2. The number of amides is 2. The summed E-state index contributed by atoms with van der Waals surface area (Å²) in [6.07, 6.45) is 3.95. The molecule has 0 aromatic heterocycles. The van der Waals surface area contributed by atoms with Gasteiger partial charge in [0.15, 0.2) is 0 Å². The summed E-state index contributed by atoms with van der Waals surface area (Å²) in [4.78, 5) is 26.2. The van der Waals surface area contributed by atoms with E-state index in [1.807, 2.05) is 20.8 Å². The largest absolute Gasteiger partial charge is 0.343 e. The van der Waals surface area contributed by atoms with Crippen LogP contribution in [-0.4, -0.2) is 34.8 Å². The summed E-state index contributed by atoms with van der Waals surface area (Å²) in [5.74, 6) is -0.841. The topological polar surface area (TPSA) is 49.4 Å². The van der Waals surface area contributed by atoms with Crippen molar-refractivity contribution in [3.05, 3.63) is 0 Å². The van der Waals surface area contributed by atoms with E-state index in [0.29, 0.717) is 6.54 Å². The highest BCUT2D eigenvalue weighted by molar-refractivity contribution is 6.35. The van der Waals surface area contributed by atoms with Gasteiger partial charge in [0.1, 0.15) is 0 Å². The van der Waals surface area contributed by atoms with Gasteiger partial charge in [-0.3, -0.25) is 9.59 Å². The number of likely N-dealkylation sites (tertiary alicyclic amines) is 1. The van der Waals surface area contributed by atoms with E-state index < -0.39 is 5.91 Å². The lowest BCUT2D eigenvalue weighted by Gasteiger charge is -2.36. The van der Waals surface area contributed by atoms with Crippen LogP contribution >= 0.6 is 0 Å². The predicted octanol–water partition coefficient (Wildman–Crippen LogP) is 2.72. The molecule has 4 nitrogen and oxygen atoms in total. The first kappa shape index (κ1) is 17.0. The third-order valence-corrected chi connectivity index (χ3v) is 3.68. The lowest BCUT2D eigenvalue weighted by atomic mass is 9.82. The van der Waals surface area contributed by atoms with Crippen molar-refractivity contribution >= 4 is 11.8 Å². The summed E-state index contributed by atoms with van der Waals surface area (Å²) < 4.78 is 0. The van der Waals surface area contributed by atoms with Gasteiger partial charge in [-0.05, 0) is 51.9 Å². The van der Waals surface area contributed by atoms with E-state index in [-0.39, 0.29) is 22.9 Å². The van der Waals surface area contributed by atoms with Gasteiger partial charge in [0.2, 0.25) is 0 Å². The summed E-state index contributed by atoms with van der Waals surface area (Å²) in [5, 5.41) is 2.90. The minimum atomic E-state index is -0.465. The number of hydrogen-bond acceptors (Lipinski definition) is 2. The quantitative estimate of drug-likeness (QED) is 0.792. The van der Waals surface area contributed by atoms with E-state index in [1.165, 1.54) is 0 Å². The average Bonchev–Trinajstić information content (AvgIpc) is 2.24. The molecule has 0 spiro atoms. The van der Waals surface area contributed by atoms with Crippen molar-refractivity contribution in [1.29, 1.82) is 0 Å². The van der Waals surface area contributed by atoms with Crippen LogP contribution in [0.3, 0.4) is 0 Å². The zero-order chi connectivity index (χ0) is 15.6. The Hall–Kier alpha value is -1.06. The van der Waals surface area contributed by atoms with E-state index in [9.17, 15) is 9.59 Å². The molecule has 1 saturated heterocycles. The fourth-order valence-corrected chi connectivity index (χ4v) is 3.26. The summed E-state index contributed by atoms with van der Waals surface area (Å²) in [5.41, 5.74) is -0.262. The number of piperidine rings is 1. The number of nitrogens with zero attached hydrogens (tertiary/aromatic N) is 1. The first-order chi connectivity index (χ1) is 9.02. The highest BCUT2D eigenvalue weighted by Gasteiger charge is 2.33. The van der Waals surface area contributed by atoms with Crippen molar-refractivity contribution in [2.75, 3.05) is 6.54 Å². The van der Waals surface area contributed by atoms with E-state index in [0.717, 1.165) is 25.7 Å². The van der Waals surface area contributed by atoms with E-state index in [2.05, 4.69) is 26.1 Å². The summed E-state index contributed by atoms with van der Waals surface area (Å²) in [7, 11) is 0. The molecule has 0 radical (unpaired) electrons. The Morgan fingerprint density at radius 1 is 1.15 bits per heavy atom. The molecule has 0 aromatic carbocycles. The maximum absolute atomic E-state index is 12.3. The van der Waals surface area contributed by atoms with Crippen LogP contribution in [0.4, 0.5) is 0 Å². The molecule has 0 bridgehead atoms. The maximum Gasteiger partial charge on any atom is 0.312 e. The lowest BCUT2D eigenvalue weighted by Crippen LogP contribution is -2.54. The van der Waals surface area contributed by atoms with Crippen molar-refractivity contribution in [3.8, 4) is 0 Å². The Labute approximate surface area is 123 Å². The molecule has 1 aliphatic rings. The molecular formula is C16H30N2O2. The van der Waals surface area contributed by atoms with Gasteiger partial charge in [-0.1, -0.05) is 20.8 Å². The molecule has 20 heavy (non-hydrogen) atoms. The third-order valence-electron chi connectivity index (χ3n) is 3.68. The van der Waals surface area contributed by atoms with Crippen LogP contribution in [0.2, 0.25) is 0 Å². The van der Waals surface area contributed by atoms with Crippen LogP contribution in [0.1, 0.15) is 67.2 Å². The number of nitrogens with one attached hydrogen (secondary N) is 1. The minimum absolute atomic E-state index is 0.109. The highest BCUT2D eigenvalue weighted by Crippen LogP contribution is 2.27. The Kier molecular flexibility index (Phi) is 5.22. The normalized spacial score (nSPS) is 20.7. The van der Waals surface area contributed by atoms with Crippen LogP contribution in [0, 0.1) is 5.41 Å². The summed E-state index contributed by atoms with van der Waals surface area (Å²) >= 11 is 0. The zero-order valence-corrected chi connectivity index (χ0v) is 13.9. The van der Waals surface area contributed by atoms with E-state index in [4.69, 9.17) is 0 Å². The van der Waals surface area contributed by atoms with Crippen LogP contribution in [0.5, 0.6) is 0 Å². The second kappa shape index (κ2) is 6.15. The molecule has 2 amide bonds. The summed E-state index contributed by atoms with van der Waals surface area (Å²) in [6, 6.07) is 0.174. The maximum atomic E-state index is 12.3. The Morgan fingerprint density at radius 3 is 2.25 bits per heavy atom. The SMILES string of the molecule is CC1CCCCN1C(=O)C(=O)NC(C)(C)CC(C)(C)C. The standard InChI is InChI=1S/C16H30N2O2/c1-12-9-7-8-10-18(12)14(20)13(19)17-16(5,6)11-15(2,3)4/h12H,7-11H2,1-6H3,(H,17,19). The Bertz CT molecular complexity index is 369. The smallest absolute Gasteiger partial charge is 0.312 e. The van der Waals surface area contributed by atoms with Crippen LogP contribution in [0.25, 0.3) is 0 Å². The van der Waals surface area contributed by atoms with E-state index >= 15 is 0 Å². The molecule has 1 heterocycles. The van der Waals surface area contributed by atoms with Crippen molar-refractivity contribution in [2.45, 2.75) is 78.8 Å². The third kappa shape index (κ3) is 5.14. The predicted molar refractivity (Wildman–Crippen MR) is 81.3 cm³/mol. The van der Waals surface area contributed by atoms with E-state index in [1.54, 1.807) is 4.90 Å². The molecule has 0 aliphatic carbocycles. The molecule has 1 unspecified atom stereocenters. The van der Waals surface area contributed by atoms with Gasteiger partial charge >= 0.3 is 11.8 Å². The molecule has 1 rings (SSSR count).